The second-order valence-corrected chi connectivity index (χ2v) is 7.52. The van der Waals surface area contributed by atoms with Crippen molar-refractivity contribution >= 4 is 5.91 Å². The van der Waals surface area contributed by atoms with Crippen molar-refractivity contribution in [2.75, 3.05) is 53.5 Å². The topological polar surface area (TPSA) is 49.2 Å². The van der Waals surface area contributed by atoms with Gasteiger partial charge in [0, 0.05) is 32.2 Å². The predicted octanol–water partition coefficient (Wildman–Crippen LogP) is 1.91. The molecule has 0 aliphatic carbocycles. The molecule has 3 heterocycles. The SMILES string of the molecule is C[C@H](C1CCN(C(=O)c2coc(CN3CCOCC3)c2)CC1)N(C)C. The third-order valence-electron chi connectivity index (χ3n) is 5.71. The van der Waals surface area contributed by atoms with Crippen LogP contribution in [0.5, 0.6) is 0 Å². The molecule has 0 saturated carbocycles. The summed E-state index contributed by atoms with van der Waals surface area (Å²) < 4.78 is 11.0. The molecular weight excluding hydrogens is 318 g/mol. The molecule has 0 radical (unpaired) electrons. The first-order chi connectivity index (χ1) is 12.0. The van der Waals surface area contributed by atoms with Crippen molar-refractivity contribution in [3.05, 3.63) is 23.7 Å². The minimum atomic E-state index is 0.105. The lowest BCUT2D eigenvalue weighted by atomic mass is 9.89. The summed E-state index contributed by atoms with van der Waals surface area (Å²) in [6, 6.07) is 2.47. The maximum Gasteiger partial charge on any atom is 0.257 e. The number of hydrogen-bond donors (Lipinski definition) is 0. The van der Waals surface area contributed by atoms with Crippen molar-refractivity contribution in [2.45, 2.75) is 32.4 Å². The highest BCUT2D eigenvalue weighted by Crippen LogP contribution is 2.24. The second kappa shape index (κ2) is 8.34. The van der Waals surface area contributed by atoms with Crippen LogP contribution in [0, 0.1) is 5.92 Å². The monoisotopic (exact) mass is 349 g/mol. The number of piperidine rings is 1. The number of carbonyl (C=O) groups excluding carboxylic acids is 1. The molecule has 1 amide bonds. The van der Waals surface area contributed by atoms with Crippen molar-refractivity contribution in [1.29, 1.82) is 0 Å². The Morgan fingerprint density at radius 2 is 1.92 bits per heavy atom. The first-order valence-corrected chi connectivity index (χ1v) is 9.38. The van der Waals surface area contributed by atoms with Crippen molar-refractivity contribution in [2.24, 2.45) is 5.92 Å². The van der Waals surface area contributed by atoms with Gasteiger partial charge in [-0.3, -0.25) is 9.69 Å². The summed E-state index contributed by atoms with van der Waals surface area (Å²) in [4.78, 5) is 19.3. The van der Waals surface area contributed by atoms with Crippen LogP contribution in [0.1, 0.15) is 35.9 Å². The molecule has 0 aromatic carbocycles. The van der Waals surface area contributed by atoms with Gasteiger partial charge in [0.15, 0.2) is 0 Å². The third kappa shape index (κ3) is 4.63. The van der Waals surface area contributed by atoms with Crippen LogP contribution >= 0.6 is 0 Å². The molecule has 0 spiro atoms. The van der Waals surface area contributed by atoms with Gasteiger partial charge in [0.25, 0.3) is 5.91 Å². The summed E-state index contributed by atoms with van der Waals surface area (Å²) in [6.45, 7) is 8.08. The van der Waals surface area contributed by atoms with E-state index in [1.807, 2.05) is 11.0 Å². The van der Waals surface area contributed by atoms with E-state index in [-0.39, 0.29) is 5.91 Å². The number of rotatable bonds is 5. The molecule has 140 valence electrons. The number of hydrogen-bond acceptors (Lipinski definition) is 5. The maximum absolute atomic E-state index is 12.7. The Hall–Kier alpha value is -1.37. The molecule has 6 heteroatoms. The van der Waals surface area contributed by atoms with Crippen LogP contribution < -0.4 is 0 Å². The van der Waals surface area contributed by atoms with Crippen molar-refractivity contribution < 1.29 is 13.9 Å². The standard InChI is InChI=1S/C19H31N3O3/c1-15(20(2)3)16-4-6-22(7-5-16)19(23)17-12-18(25-14-17)13-21-8-10-24-11-9-21/h12,14-16H,4-11,13H2,1-3H3/t15-/m1/s1. The number of amides is 1. The Balaban J connectivity index is 1.52. The van der Waals surface area contributed by atoms with Gasteiger partial charge in [0.05, 0.1) is 25.3 Å². The van der Waals surface area contributed by atoms with Crippen LogP contribution in [0.25, 0.3) is 0 Å². The van der Waals surface area contributed by atoms with Gasteiger partial charge in [-0.1, -0.05) is 0 Å². The Morgan fingerprint density at radius 3 is 2.56 bits per heavy atom. The predicted molar refractivity (Wildman–Crippen MR) is 96.6 cm³/mol. The molecule has 0 unspecified atom stereocenters. The number of ether oxygens (including phenoxy) is 1. The third-order valence-corrected chi connectivity index (χ3v) is 5.71. The quantitative estimate of drug-likeness (QED) is 0.813. The Kier molecular flexibility index (Phi) is 6.15. The van der Waals surface area contributed by atoms with Crippen LogP contribution in [0.3, 0.4) is 0 Å². The molecule has 1 atom stereocenters. The van der Waals surface area contributed by atoms with Crippen LogP contribution in [0.4, 0.5) is 0 Å². The van der Waals surface area contributed by atoms with E-state index in [0.29, 0.717) is 17.5 Å². The van der Waals surface area contributed by atoms with E-state index in [0.717, 1.165) is 64.5 Å². The Morgan fingerprint density at radius 1 is 1.24 bits per heavy atom. The minimum absolute atomic E-state index is 0.105. The van der Waals surface area contributed by atoms with Gasteiger partial charge < -0.3 is 19.0 Å². The second-order valence-electron chi connectivity index (χ2n) is 7.52. The molecular formula is C19H31N3O3. The highest BCUT2D eigenvalue weighted by Gasteiger charge is 2.28. The zero-order valence-corrected chi connectivity index (χ0v) is 15.7. The first-order valence-electron chi connectivity index (χ1n) is 9.38. The molecule has 1 aromatic heterocycles. The Labute approximate surface area is 150 Å². The van der Waals surface area contributed by atoms with E-state index in [2.05, 4.69) is 30.8 Å². The van der Waals surface area contributed by atoms with Gasteiger partial charge in [0.2, 0.25) is 0 Å². The molecule has 0 bridgehead atoms. The van der Waals surface area contributed by atoms with E-state index in [1.165, 1.54) is 0 Å². The number of likely N-dealkylation sites (tertiary alicyclic amines) is 1. The fourth-order valence-corrected chi connectivity index (χ4v) is 3.74. The normalized spacial score (nSPS) is 21.7. The molecule has 6 nitrogen and oxygen atoms in total. The first kappa shape index (κ1) is 18.4. The number of morpholine rings is 1. The van der Waals surface area contributed by atoms with E-state index < -0.39 is 0 Å². The summed E-state index contributed by atoms with van der Waals surface area (Å²) in [6.07, 6.45) is 3.76. The van der Waals surface area contributed by atoms with Gasteiger partial charge in [-0.2, -0.15) is 0 Å². The van der Waals surface area contributed by atoms with Gasteiger partial charge in [0.1, 0.15) is 12.0 Å². The summed E-state index contributed by atoms with van der Waals surface area (Å²) in [5, 5.41) is 0. The van der Waals surface area contributed by atoms with E-state index in [4.69, 9.17) is 9.15 Å². The lowest BCUT2D eigenvalue weighted by molar-refractivity contribution is 0.0313. The minimum Gasteiger partial charge on any atom is -0.467 e. The lowest BCUT2D eigenvalue weighted by Gasteiger charge is -2.37. The van der Waals surface area contributed by atoms with Gasteiger partial charge >= 0.3 is 0 Å². The molecule has 2 aliphatic rings. The fraction of sp³-hybridized carbons (Fsp3) is 0.737. The van der Waals surface area contributed by atoms with E-state index in [1.54, 1.807) is 6.26 Å². The van der Waals surface area contributed by atoms with E-state index in [9.17, 15) is 4.79 Å². The van der Waals surface area contributed by atoms with E-state index >= 15 is 0 Å². The van der Waals surface area contributed by atoms with Crippen molar-refractivity contribution in [1.82, 2.24) is 14.7 Å². The molecule has 1 aromatic rings. The van der Waals surface area contributed by atoms with Crippen molar-refractivity contribution in [3.63, 3.8) is 0 Å². The van der Waals surface area contributed by atoms with Gasteiger partial charge in [-0.05, 0) is 45.8 Å². The number of carbonyl (C=O) groups is 1. The molecule has 2 saturated heterocycles. The van der Waals surface area contributed by atoms with Crippen molar-refractivity contribution in [3.8, 4) is 0 Å². The zero-order valence-electron chi connectivity index (χ0n) is 15.7. The Bertz CT molecular complexity index is 558. The summed E-state index contributed by atoms with van der Waals surface area (Å²) in [5.74, 6) is 1.63. The van der Waals surface area contributed by atoms with Crippen LogP contribution in [0.2, 0.25) is 0 Å². The zero-order chi connectivity index (χ0) is 17.8. The molecule has 2 aliphatic heterocycles. The molecule has 0 N–H and O–H groups in total. The smallest absolute Gasteiger partial charge is 0.257 e. The lowest BCUT2D eigenvalue weighted by Crippen LogP contribution is -2.43. The summed E-state index contributed by atoms with van der Waals surface area (Å²) in [5.41, 5.74) is 0.683. The van der Waals surface area contributed by atoms with Crippen LogP contribution in [0.15, 0.2) is 16.7 Å². The molecule has 3 rings (SSSR count). The van der Waals surface area contributed by atoms with Crippen LogP contribution in [-0.2, 0) is 11.3 Å². The highest BCUT2D eigenvalue weighted by molar-refractivity contribution is 5.94. The van der Waals surface area contributed by atoms with Gasteiger partial charge in [-0.25, -0.2) is 0 Å². The largest absolute Gasteiger partial charge is 0.467 e. The summed E-state index contributed by atoms with van der Waals surface area (Å²) >= 11 is 0. The fourth-order valence-electron chi connectivity index (χ4n) is 3.74. The molecule has 25 heavy (non-hydrogen) atoms. The number of furan rings is 1. The summed E-state index contributed by atoms with van der Waals surface area (Å²) in [7, 11) is 4.26. The van der Waals surface area contributed by atoms with Crippen LogP contribution in [-0.4, -0.2) is 80.1 Å². The molecule has 2 fully saturated rings. The number of nitrogens with zero attached hydrogens (tertiary/aromatic N) is 3. The highest BCUT2D eigenvalue weighted by atomic mass is 16.5. The maximum atomic E-state index is 12.7. The average molecular weight is 349 g/mol. The average Bonchev–Trinajstić information content (AvgIpc) is 3.10. The van der Waals surface area contributed by atoms with Gasteiger partial charge in [-0.15, -0.1) is 0 Å².